The molecule has 2 rings (SSSR count). The van der Waals surface area contributed by atoms with E-state index in [4.69, 9.17) is 4.74 Å². The number of rotatable bonds is 8. The Morgan fingerprint density at radius 2 is 1.68 bits per heavy atom. The van der Waals surface area contributed by atoms with Crippen molar-refractivity contribution in [3.8, 4) is 0 Å². The van der Waals surface area contributed by atoms with Crippen molar-refractivity contribution in [2.24, 2.45) is 5.92 Å². The number of aliphatic hydroxyl groups is 1. The number of carbonyl (C=O) groups is 1. The van der Waals surface area contributed by atoms with Crippen molar-refractivity contribution < 1.29 is 14.6 Å². The molecule has 0 unspecified atom stereocenters. The standard InChI is InChI=1S/C24H32O3Se/c1-6-10-20(28-19-11-8-7-9-12-19)21(23(26)27-24(3,4)5)22(25)18-15-13-17(2)14-16-18/h7-9,11-16,20-22,25H,6,10H2,1-5H3/t20-,21-,22-/m0/s1. The summed E-state index contributed by atoms with van der Waals surface area (Å²) in [7, 11) is 0. The molecule has 0 spiro atoms. The molecule has 1 N–H and O–H groups in total. The Balaban J connectivity index is 2.38. The molecule has 4 heteroatoms. The first-order valence-corrected chi connectivity index (χ1v) is 11.7. The summed E-state index contributed by atoms with van der Waals surface area (Å²) in [5.74, 6) is -0.890. The first kappa shape index (κ1) is 22.7. The minimum atomic E-state index is -0.877. The van der Waals surface area contributed by atoms with Gasteiger partial charge >= 0.3 is 176 Å². The second kappa shape index (κ2) is 10.2. The molecule has 0 saturated heterocycles. The number of ether oxygens (including phenoxy) is 1. The monoisotopic (exact) mass is 448 g/mol. The molecule has 3 atom stereocenters. The van der Waals surface area contributed by atoms with Crippen LogP contribution in [0.25, 0.3) is 0 Å². The third kappa shape index (κ3) is 6.77. The SMILES string of the molecule is CCC[C@H]([Se]c1ccccc1)[C@H](C(=O)OC(C)(C)C)[C@@H](O)c1ccc(C)cc1. The number of aliphatic hydroxyl groups excluding tert-OH is 1. The molecule has 0 amide bonds. The maximum absolute atomic E-state index is 13.2. The van der Waals surface area contributed by atoms with Crippen LogP contribution in [0.4, 0.5) is 0 Å². The Bertz CT molecular complexity index is 735. The van der Waals surface area contributed by atoms with Crippen LogP contribution in [-0.4, -0.2) is 31.6 Å². The maximum atomic E-state index is 13.2. The fourth-order valence-electron chi connectivity index (χ4n) is 3.09. The average molecular weight is 447 g/mol. The predicted molar refractivity (Wildman–Crippen MR) is 116 cm³/mol. The van der Waals surface area contributed by atoms with Crippen LogP contribution < -0.4 is 4.46 Å². The molecule has 0 bridgehead atoms. The Labute approximate surface area is 175 Å². The van der Waals surface area contributed by atoms with Crippen LogP contribution in [0, 0.1) is 12.8 Å². The fraction of sp³-hybridized carbons (Fsp3) is 0.458. The number of hydrogen-bond acceptors (Lipinski definition) is 3. The summed E-state index contributed by atoms with van der Waals surface area (Å²) >= 11 is 0.0600. The molecule has 3 nitrogen and oxygen atoms in total. The average Bonchev–Trinajstić information content (AvgIpc) is 2.62. The van der Waals surface area contributed by atoms with Gasteiger partial charge in [0.05, 0.1) is 0 Å². The molecule has 0 aromatic heterocycles. The Morgan fingerprint density at radius 3 is 2.21 bits per heavy atom. The second-order valence-corrected chi connectivity index (χ2v) is 10.9. The quantitative estimate of drug-likeness (QED) is 0.475. The molecule has 0 aliphatic rings. The van der Waals surface area contributed by atoms with Crippen LogP contribution in [0.2, 0.25) is 4.82 Å². The van der Waals surface area contributed by atoms with E-state index in [-0.39, 0.29) is 25.7 Å². The van der Waals surface area contributed by atoms with Gasteiger partial charge in [0.15, 0.2) is 0 Å². The van der Waals surface area contributed by atoms with Crippen molar-refractivity contribution in [3.63, 3.8) is 0 Å². The van der Waals surface area contributed by atoms with Crippen molar-refractivity contribution >= 4 is 25.4 Å². The molecular formula is C24H32O3Se. The molecule has 0 aliphatic carbocycles. The van der Waals surface area contributed by atoms with Crippen LogP contribution in [0.5, 0.6) is 0 Å². The van der Waals surface area contributed by atoms with Gasteiger partial charge < -0.3 is 0 Å². The van der Waals surface area contributed by atoms with Gasteiger partial charge in [0, 0.05) is 0 Å². The fourth-order valence-corrected chi connectivity index (χ4v) is 6.08. The minimum absolute atomic E-state index is 0.0600. The Hall–Kier alpha value is -1.61. The van der Waals surface area contributed by atoms with E-state index in [9.17, 15) is 9.90 Å². The topological polar surface area (TPSA) is 46.5 Å². The van der Waals surface area contributed by atoms with Gasteiger partial charge in [0.2, 0.25) is 0 Å². The molecule has 0 aliphatic heterocycles. The van der Waals surface area contributed by atoms with Crippen molar-refractivity contribution in [2.75, 3.05) is 0 Å². The van der Waals surface area contributed by atoms with Crippen molar-refractivity contribution in [3.05, 3.63) is 65.7 Å². The third-order valence-electron chi connectivity index (χ3n) is 4.44. The summed E-state index contributed by atoms with van der Waals surface area (Å²) < 4.78 is 6.98. The van der Waals surface area contributed by atoms with Gasteiger partial charge in [-0.3, -0.25) is 0 Å². The molecule has 0 saturated carbocycles. The second-order valence-electron chi connectivity index (χ2n) is 8.17. The zero-order valence-corrected chi connectivity index (χ0v) is 19.2. The zero-order chi connectivity index (χ0) is 20.7. The molecule has 28 heavy (non-hydrogen) atoms. The van der Waals surface area contributed by atoms with E-state index >= 15 is 0 Å². The van der Waals surface area contributed by atoms with Crippen molar-refractivity contribution in [1.29, 1.82) is 0 Å². The summed E-state index contributed by atoms with van der Waals surface area (Å²) in [6.45, 7) is 9.75. The summed E-state index contributed by atoms with van der Waals surface area (Å²) in [6, 6.07) is 18.0. The number of carbonyl (C=O) groups excluding carboxylic acids is 1. The molecule has 2 aromatic carbocycles. The van der Waals surface area contributed by atoms with Crippen LogP contribution in [-0.2, 0) is 9.53 Å². The van der Waals surface area contributed by atoms with Gasteiger partial charge in [0.25, 0.3) is 0 Å². The first-order valence-electron chi connectivity index (χ1n) is 9.90. The van der Waals surface area contributed by atoms with Crippen LogP contribution in [0.15, 0.2) is 54.6 Å². The summed E-state index contributed by atoms with van der Waals surface area (Å²) in [5.41, 5.74) is 1.31. The summed E-state index contributed by atoms with van der Waals surface area (Å²) in [6.07, 6.45) is 0.957. The summed E-state index contributed by atoms with van der Waals surface area (Å²) in [4.78, 5) is 13.2. The van der Waals surface area contributed by atoms with Crippen molar-refractivity contribution in [1.82, 2.24) is 0 Å². The number of esters is 1. The number of hydrogen-bond donors (Lipinski definition) is 1. The number of aryl methyl sites for hydroxylation is 1. The van der Waals surface area contributed by atoms with E-state index < -0.39 is 17.6 Å². The van der Waals surface area contributed by atoms with E-state index in [0.29, 0.717) is 0 Å². The van der Waals surface area contributed by atoms with Crippen molar-refractivity contribution in [2.45, 2.75) is 64.0 Å². The van der Waals surface area contributed by atoms with Crippen LogP contribution >= 0.6 is 0 Å². The predicted octanol–water partition coefficient (Wildman–Crippen LogP) is 4.60. The molecule has 152 valence electrons. The molecule has 0 radical (unpaired) electrons. The van der Waals surface area contributed by atoms with E-state index in [2.05, 4.69) is 19.1 Å². The molecule has 0 heterocycles. The molecule has 0 fully saturated rings. The zero-order valence-electron chi connectivity index (χ0n) is 17.5. The Morgan fingerprint density at radius 1 is 1.07 bits per heavy atom. The van der Waals surface area contributed by atoms with E-state index in [1.54, 1.807) is 0 Å². The molecule has 2 aromatic rings. The van der Waals surface area contributed by atoms with Gasteiger partial charge in [-0.15, -0.1) is 0 Å². The van der Waals surface area contributed by atoms with Gasteiger partial charge in [0.1, 0.15) is 0 Å². The van der Waals surface area contributed by atoms with E-state index in [0.717, 1.165) is 24.0 Å². The van der Waals surface area contributed by atoms with Gasteiger partial charge in [-0.2, -0.15) is 0 Å². The van der Waals surface area contributed by atoms with Gasteiger partial charge in [-0.05, 0) is 0 Å². The van der Waals surface area contributed by atoms with E-state index in [1.807, 2.05) is 70.2 Å². The number of benzene rings is 2. The van der Waals surface area contributed by atoms with Crippen LogP contribution in [0.3, 0.4) is 0 Å². The molecular weight excluding hydrogens is 415 g/mol. The normalized spacial score (nSPS) is 14.9. The van der Waals surface area contributed by atoms with Gasteiger partial charge in [-0.25, -0.2) is 0 Å². The van der Waals surface area contributed by atoms with Gasteiger partial charge in [-0.1, -0.05) is 0 Å². The van der Waals surface area contributed by atoms with E-state index in [1.165, 1.54) is 4.46 Å². The third-order valence-corrected chi connectivity index (χ3v) is 7.33. The summed E-state index contributed by atoms with van der Waals surface area (Å²) in [5, 5.41) is 11.2. The van der Waals surface area contributed by atoms with Crippen LogP contribution in [0.1, 0.15) is 57.8 Å². The Kier molecular flexibility index (Phi) is 8.30. The first-order chi connectivity index (χ1) is 13.2.